The van der Waals surface area contributed by atoms with E-state index in [9.17, 15) is 9.18 Å². The van der Waals surface area contributed by atoms with Gasteiger partial charge < -0.3 is 15.8 Å². The average molecular weight is 330 g/mol. The first-order valence-corrected chi connectivity index (χ1v) is 8.04. The van der Waals surface area contributed by atoms with E-state index in [1.807, 2.05) is 31.2 Å². The maximum absolute atomic E-state index is 12.8. The monoisotopic (exact) mass is 330 g/mol. The number of ether oxygens (including phenoxy) is 1. The number of amides is 1. The quantitative estimate of drug-likeness (QED) is 0.731. The summed E-state index contributed by atoms with van der Waals surface area (Å²) >= 11 is 0. The minimum atomic E-state index is -0.652. The number of rotatable bonds is 8. The molecule has 0 heterocycles. The van der Waals surface area contributed by atoms with Crippen molar-refractivity contribution in [3.05, 3.63) is 65.5 Å². The Labute approximate surface area is 141 Å². The predicted molar refractivity (Wildman–Crippen MR) is 92.2 cm³/mol. The zero-order valence-electron chi connectivity index (χ0n) is 13.8. The van der Waals surface area contributed by atoms with Crippen LogP contribution in [0.1, 0.15) is 30.0 Å². The minimum absolute atomic E-state index is 0.182. The molecule has 128 valence electrons. The normalized spacial score (nSPS) is 11.8. The number of hydrogen-bond donors (Lipinski definition) is 2. The van der Waals surface area contributed by atoms with Gasteiger partial charge in [-0.3, -0.25) is 4.79 Å². The highest BCUT2D eigenvalue weighted by atomic mass is 19.1. The molecule has 3 N–H and O–H groups in total. The van der Waals surface area contributed by atoms with Gasteiger partial charge in [-0.05, 0) is 49.6 Å². The van der Waals surface area contributed by atoms with E-state index < -0.39 is 6.04 Å². The Bertz CT molecular complexity index is 641. The Hall–Kier alpha value is -2.40. The SMILES string of the molecule is Cc1ccc(C(N)C(=O)NCCCCOc2ccc(F)cc2)cc1. The molecule has 0 aliphatic rings. The molecular weight excluding hydrogens is 307 g/mol. The first-order valence-electron chi connectivity index (χ1n) is 8.04. The first-order chi connectivity index (χ1) is 11.6. The van der Waals surface area contributed by atoms with Crippen LogP contribution in [0.3, 0.4) is 0 Å². The summed E-state index contributed by atoms with van der Waals surface area (Å²) in [5.74, 6) is 0.176. The van der Waals surface area contributed by atoms with Crippen LogP contribution in [0.2, 0.25) is 0 Å². The van der Waals surface area contributed by atoms with Gasteiger partial charge in [0.25, 0.3) is 0 Å². The van der Waals surface area contributed by atoms with Crippen molar-refractivity contribution in [1.29, 1.82) is 0 Å². The lowest BCUT2D eigenvalue weighted by Crippen LogP contribution is -2.34. The standard InChI is InChI=1S/C19H23FN2O2/c1-14-4-6-15(7-5-14)18(21)19(23)22-12-2-3-13-24-17-10-8-16(20)9-11-17/h4-11,18H,2-3,12-13,21H2,1H3,(H,22,23). The molecule has 24 heavy (non-hydrogen) atoms. The molecule has 0 aliphatic heterocycles. The second-order valence-corrected chi connectivity index (χ2v) is 5.69. The fourth-order valence-corrected chi connectivity index (χ4v) is 2.19. The van der Waals surface area contributed by atoms with E-state index >= 15 is 0 Å². The lowest BCUT2D eigenvalue weighted by atomic mass is 10.1. The Morgan fingerprint density at radius 3 is 2.46 bits per heavy atom. The minimum Gasteiger partial charge on any atom is -0.494 e. The van der Waals surface area contributed by atoms with Gasteiger partial charge in [-0.2, -0.15) is 0 Å². The van der Waals surface area contributed by atoms with E-state index in [4.69, 9.17) is 10.5 Å². The largest absolute Gasteiger partial charge is 0.494 e. The number of carbonyl (C=O) groups is 1. The zero-order valence-corrected chi connectivity index (χ0v) is 13.8. The smallest absolute Gasteiger partial charge is 0.241 e. The van der Waals surface area contributed by atoms with E-state index in [1.165, 1.54) is 12.1 Å². The third kappa shape index (κ3) is 5.66. The molecule has 2 aromatic carbocycles. The Kier molecular flexibility index (Phi) is 6.75. The number of benzene rings is 2. The van der Waals surface area contributed by atoms with Gasteiger partial charge >= 0.3 is 0 Å². The molecule has 1 unspecified atom stereocenters. The highest BCUT2D eigenvalue weighted by molar-refractivity contribution is 5.82. The van der Waals surface area contributed by atoms with Gasteiger partial charge in [-0.1, -0.05) is 29.8 Å². The van der Waals surface area contributed by atoms with Crippen molar-refractivity contribution in [1.82, 2.24) is 5.32 Å². The van der Waals surface area contributed by atoms with Gasteiger partial charge in [0.05, 0.1) is 6.61 Å². The Balaban J connectivity index is 1.62. The Morgan fingerprint density at radius 2 is 1.79 bits per heavy atom. The molecule has 0 saturated carbocycles. The molecule has 0 fully saturated rings. The second kappa shape index (κ2) is 9.03. The van der Waals surface area contributed by atoms with Gasteiger partial charge in [-0.25, -0.2) is 4.39 Å². The van der Waals surface area contributed by atoms with Crippen molar-refractivity contribution in [2.24, 2.45) is 5.73 Å². The average Bonchev–Trinajstić information content (AvgIpc) is 2.59. The van der Waals surface area contributed by atoms with Crippen LogP contribution in [0.5, 0.6) is 5.75 Å². The maximum atomic E-state index is 12.8. The predicted octanol–water partition coefficient (Wildman–Crippen LogP) is 3.11. The van der Waals surface area contributed by atoms with Crippen molar-refractivity contribution < 1.29 is 13.9 Å². The Morgan fingerprint density at radius 1 is 1.12 bits per heavy atom. The molecule has 4 nitrogen and oxygen atoms in total. The molecule has 5 heteroatoms. The van der Waals surface area contributed by atoms with Gasteiger partial charge in [-0.15, -0.1) is 0 Å². The molecule has 2 aromatic rings. The highest BCUT2D eigenvalue weighted by Crippen LogP contribution is 2.12. The number of nitrogens with two attached hydrogens (primary N) is 1. The maximum Gasteiger partial charge on any atom is 0.241 e. The molecule has 0 aliphatic carbocycles. The van der Waals surface area contributed by atoms with Crippen LogP contribution >= 0.6 is 0 Å². The molecule has 1 atom stereocenters. The third-order valence-corrected chi connectivity index (χ3v) is 3.67. The second-order valence-electron chi connectivity index (χ2n) is 5.69. The number of hydrogen-bond acceptors (Lipinski definition) is 3. The van der Waals surface area contributed by atoms with Crippen molar-refractivity contribution >= 4 is 5.91 Å². The van der Waals surface area contributed by atoms with E-state index in [2.05, 4.69) is 5.32 Å². The summed E-state index contributed by atoms with van der Waals surface area (Å²) in [7, 11) is 0. The van der Waals surface area contributed by atoms with Crippen molar-refractivity contribution in [3.8, 4) is 5.75 Å². The van der Waals surface area contributed by atoms with Crippen LogP contribution in [0.15, 0.2) is 48.5 Å². The molecule has 0 spiro atoms. The van der Waals surface area contributed by atoms with Crippen LogP contribution in [0, 0.1) is 12.7 Å². The highest BCUT2D eigenvalue weighted by Gasteiger charge is 2.14. The number of halogens is 1. The van der Waals surface area contributed by atoms with Crippen LogP contribution in [-0.2, 0) is 4.79 Å². The van der Waals surface area contributed by atoms with E-state index in [0.29, 0.717) is 18.9 Å². The summed E-state index contributed by atoms with van der Waals surface area (Å²) in [4.78, 5) is 12.0. The lowest BCUT2D eigenvalue weighted by molar-refractivity contribution is -0.122. The van der Waals surface area contributed by atoms with Gasteiger partial charge in [0, 0.05) is 6.54 Å². The van der Waals surface area contributed by atoms with Gasteiger partial charge in [0.1, 0.15) is 17.6 Å². The molecule has 0 bridgehead atoms. The zero-order chi connectivity index (χ0) is 17.4. The summed E-state index contributed by atoms with van der Waals surface area (Å²) in [5.41, 5.74) is 7.89. The van der Waals surface area contributed by atoms with Crippen molar-refractivity contribution in [2.45, 2.75) is 25.8 Å². The van der Waals surface area contributed by atoms with Crippen molar-refractivity contribution in [2.75, 3.05) is 13.2 Å². The molecule has 2 rings (SSSR count). The lowest BCUT2D eigenvalue weighted by Gasteiger charge is -2.13. The fraction of sp³-hybridized carbons (Fsp3) is 0.316. The van der Waals surface area contributed by atoms with Crippen LogP contribution in [0.25, 0.3) is 0 Å². The van der Waals surface area contributed by atoms with Crippen LogP contribution in [0.4, 0.5) is 4.39 Å². The number of carbonyl (C=O) groups excluding carboxylic acids is 1. The van der Waals surface area contributed by atoms with Crippen molar-refractivity contribution in [3.63, 3.8) is 0 Å². The fourth-order valence-electron chi connectivity index (χ4n) is 2.19. The molecule has 0 aromatic heterocycles. The molecule has 0 saturated heterocycles. The molecular formula is C19H23FN2O2. The van der Waals surface area contributed by atoms with Gasteiger partial charge in [0.2, 0.25) is 5.91 Å². The third-order valence-electron chi connectivity index (χ3n) is 3.67. The topological polar surface area (TPSA) is 64.4 Å². The first kappa shape index (κ1) is 17.9. The summed E-state index contributed by atoms with van der Waals surface area (Å²) in [6, 6.07) is 12.9. The van der Waals surface area contributed by atoms with Crippen LogP contribution in [-0.4, -0.2) is 19.1 Å². The summed E-state index contributed by atoms with van der Waals surface area (Å²) in [5, 5.41) is 2.83. The summed E-state index contributed by atoms with van der Waals surface area (Å²) in [6.45, 7) is 3.06. The van der Waals surface area contributed by atoms with E-state index in [1.54, 1.807) is 12.1 Å². The van der Waals surface area contributed by atoms with Crippen LogP contribution < -0.4 is 15.8 Å². The molecule has 1 amide bonds. The number of aryl methyl sites for hydroxylation is 1. The van der Waals surface area contributed by atoms with Gasteiger partial charge in [0.15, 0.2) is 0 Å². The number of nitrogens with one attached hydrogen (secondary N) is 1. The summed E-state index contributed by atoms with van der Waals surface area (Å²) in [6.07, 6.45) is 1.57. The van der Waals surface area contributed by atoms with E-state index in [0.717, 1.165) is 24.0 Å². The molecule has 0 radical (unpaired) electrons. The van der Waals surface area contributed by atoms with E-state index in [-0.39, 0.29) is 11.7 Å². The number of unbranched alkanes of at least 4 members (excludes halogenated alkanes) is 1. The summed E-state index contributed by atoms with van der Waals surface area (Å²) < 4.78 is 18.2.